The van der Waals surface area contributed by atoms with Gasteiger partial charge in [-0.15, -0.1) is 0 Å². The van der Waals surface area contributed by atoms with Gasteiger partial charge in [-0.05, 0) is 42.2 Å². The molecule has 1 atom stereocenters. The number of hydrogen-bond donors (Lipinski definition) is 1. The molecule has 0 saturated heterocycles. The molecule has 2 rings (SSSR count). The van der Waals surface area contributed by atoms with Gasteiger partial charge in [-0.25, -0.2) is 4.39 Å². The quantitative estimate of drug-likeness (QED) is 0.799. The van der Waals surface area contributed by atoms with E-state index in [0.717, 1.165) is 11.1 Å². The van der Waals surface area contributed by atoms with Crippen LogP contribution in [0.5, 0.6) is 5.75 Å². The average Bonchev–Trinajstić information content (AvgIpc) is 2.60. The number of amides is 1. The van der Waals surface area contributed by atoms with Crippen LogP contribution in [0.25, 0.3) is 0 Å². The number of hydrogen-bond acceptors (Lipinski definition) is 3. The van der Waals surface area contributed by atoms with Crippen molar-refractivity contribution in [3.8, 4) is 11.8 Å². The summed E-state index contributed by atoms with van der Waals surface area (Å²) < 4.78 is 19.4. The number of aryl methyl sites for hydroxylation is 1. The molecule has 0 radical (unpaired) electrons. The molecule has 0 aliphatic carbocycles. The second-order valence-electron chi connectivity index (χ2n) is 6.23. The van der Waals surface area contributed by atoms with E-state index in [1.165, 1.54) is 18.2 Å². The van der Waals surface area contributed by atoms with Crippen molar-refractivity contribution < 1.29 is 13.9 Å². The Balaban J connectivity index is 2.08. The number of rotatable bonds is 6. The summed E-state index contributed by atoms with van der Waals surface area (Å²) in [4.78, 5) is 12.2. The van der Waals surface area contributed by atoms with Gasteiger partial charge in [0.2, 0.25) is 0 Å². The summed E-state index contributed by atoms with van der Waals surface area (Å²) in [7, 11) is 0. The summed E-state index contributed by atoms with van der Waals surface area (Å²) in [5.41, 5.74) is 1.85. The highest BCUT2D eigenvalue weighted by molar-refractivity contribution is 6.31. The number of carbonyl (C=O) groups is 1. The van der Waals surface area contributed by atoms with E-state index in [2.05, 4.69) is 5.32 Å². The van der Waals surface area contributed by atoms with Crippen LogP contribution < -0.4 is 10.1 Å². The van der Waals surface area contributed by atoms with Gasteiger partial charge in [0.05, 0.1) is 6.07 Å². The maximum Gasteiger partial charge on any atom is 0.259 e. The first-order valence-corrected chi connectivity index (χ1v) is 8.57. The van der Waals surface area contributed by atoms with Crippen molar-refractivity contribution in [3.63, 3.8) is 0 Å². The molecule has 1 amide bonds. The fourth-order valence-electron chi connectivity index (χ4n) is 2.48. The molecule has 0 spiro atoms. The van der Waals surface area contributed by atoms with Gasteiger partial charge in [0.25, 0.3) is 5.91 Å². The van der Waals surface area contributed by atoms with E-state index in [0.29, 0.717) is 10.8 Å². The van der Waals surface area contributed by atoms with Gasteiger partial charge in [-0.2, -0.15) is 5.26 Å². The Morgan fingerprint density at radius 2 is 2.00 bits per heavy atom. The molecule has 0 bridgehead atoms. The SMILES string of the molecule is Cc1cc(OCC(=O)NC(C#N)c2ccccc2F)c(C(C)C)cc1Cl. The minimum Gasteiger partial charge on any atom is -0.483 e. The Morgan fingerprint density at radius 3 is 2.62 bits per heavy atom. The number of benzene rings is 2. The average molecular weight is 375 g/mol. The fourth-order valence-corrected chi connectivity index (χ4v) is 2.65. The van der Waals surface area contributed by atoms with Gasteiger partial charge in [-0.3, -0.25) is 4.79 Å². The summed E-state index contributed by atoms with van der Waals surface area (Å²) in [5, 5.41) is 12.3. The van der Waals surface area contributed by atoms with Gasteiger partial charge < -0.3 is 10.1 Å². The number of nitriles is 1. The molecule has 2 aromatic rings. The van der Waals surface area contributed by atoms with Crippen LogP contribution in [-0.4, -0.2) is 12.5 Å². The smallest absolute Gasteiger partial charge is 0.259 e. The van der Waals surface area contributed by atoms with E-state index in [9.17, 15) is 14.4 Å². The summed E-state index contributed by atoms with van der Waals surface area (Å²) in [6.07, 6.45) is 0. The Kier molecular flexibility index (Phi) is 6.59. The summed E-state index contributed by atoms with van der Waals surface area (Å²) in [6, 6.07) is 10.3. The molecule has 1 N–H and O–H groups in total. The van der Waals surface area contributed by atoms with Crippen molar-refractivity contribution in [2.45, 2.75) is 32.7 Å². The van der Waals surface area contributed by atoms with Crippen molar-refractivity contribution in [3.05, 3.63) is 63.9 Å². The molecule has 0 aromatic heterocycles. The van der Waals surface area contributed by atoms with Crippen LogP contribution in [0.1, 0.15) is 42.5 Å². The van der Waals surface area contributed by atoms with Crippen molar-refractivity contribution in [2.24, 2.45) is 0 Å². The molecule has 0 aliphatic heterocycles. The zero-order valence-corrected chi connectivity index (χ0v) is 15.6. The maximum atomic E-state index is 13.8. The van der Waals surface area contributed by atoms with Gasteiger partial charge in [0.15, 0.2) is 6.61 Å². The highest BCUT2D eigenvalue weighted by Gasteiger charge is 2.18. The number of carbonyl (C=O) groups excluding carboxylic acids is 1. The van der Waals surface area contributed by atoms with E-state index >= 15 is 0 Å². The third-order valence-corrected chi connectivity index (χ3v) is 4.33. The van der Waals surface area contributed by atoms with E-state index in [1.807, 2.05) is 32.9 Å². The molecule has 6 heteroatoms. The number of nitrogens with one attached hydrogen (secondary N) is 1. The first-order valence-electron chi connectivity index (χ1n) is 8.19. The molecular formula is C20H20ClFN2O2. The van der Waals surface area contributed by atoms with Crippen LogP contribution in [-0.2, 0) is 4.79 Å². The minimum absolute atomic E-state index is 0.119. The number of nitrogens with zero attached hydrogens (tertiary/aromatic N) is 1. The number of halogens is 2. The molecule has 1 unspecified atom stereocenters. The van der Waals surface area contributed by atoms with Crippen molar-refractivity contribution in [1.29, 1.82) is 5.26 Å². The van der Waals surface area contributed by atoms with Gasteiger partial charge >= 0.3 is 0 Å². The lowest BCUT2D eigenvalue weighted by atomic mass is 10.0. The van der Waals surface area contributed by atoms with Crippen LogP contribution in [0, 0.1) is 24.1 Å². The fraction of sp³-hybridized carbons (Fsp3) is 0.300. The van der Waals surface area contributed by atoms with Gasteiger partial charge in [0, 0.05) is 10.6 Å². The first kappa shape index (κ1) is 19.7. The lowest BCUT2D eigenvalue weighted by Crippen LogP contribution is -2.32. The largest absolute Gasteiger partial charge is 0.483 e. The predicted molar refractivity (Wildman–Crippen MR) is 98.7 cm³/mol. The molecule has 4 nitrogen and oxygen atoms in total. The summed E-state index contributed by atoms with van der Waals surface area (Å²) in [5.74, 6) is -0.328. The monoisotopic (exact) mass is 374 g/mol. The summed E-state index contributed by atoms with van der Waals surface area (Å²) in [6.45, 7) is 5.56. The van der Waals surface area contributed by atoms with Crippen molar-refractivity contribution >= 4 is 17.5 Å². The highest BCUT2D eigenvalue weighted by Crippen LogP contribution is 2.32. The van der Waals surface area contributed by atoms with Crippen LogP contribution in [0.15, 0.2) is 36.4 Å². The molecular weight excluding hydrogens is 355 g/mol. The second-order valence-corrected chi connectivity index (χ2v) is 6.64. The lowest BCUT2D eigenvalue weighted by molar-refractivity contribution is -0.123. The third-order valence-electron chi connectivity index (χ3n) is 3.92. The Hall–Kier alpha value is -2.58. The Labute approximate surface area is 157 Å². The Bertz CT molecular complexity index is 846. The van der Waals surface area contributed by atoms with Crippen molar-refractivity contribution in [2.75, 3.05) is 6.61 Å². The predicted octanol–water partition coefficient (Wildman–Crippen LogP) is 4.67. The molecule has 26 heavy (non-hydrogen) atoms. The van der Waals surface area contributed by atoms with E-state index < -0.39 is 17.8 Å². The van der Waals surface area contributed by atoms with Crippen LogP contribution >= 0.6 is 11.6 Å². The molecule has 136 valence electrons. The van der Waals surface area contributed by atoms with Crippen LogP contribution in [0.3, 0.4) is 0 Å². The van der Waals surface area contributed by atoms with Gasteiger partial charge in [0.1, 0.15) is 17.6 Å². The highest BCUT2D eigenvalue weighted by atomic mass is 35.5. The third kappa shape index (κ3) is 4.74. The standard InChI is InChI=1S/C20H20ClFN2O2/c1-12(2)15-9-16(21)13(3)8-19(15)26-11-20(25)24-18(10-23)14-6-4-5-7-17(14)22/h4-9,12,18H,11H2,1-3H3,(H,24,25). The topological polar surface area (TPSA) is 62.1 Å². The molecule has 2 aromatic carbocycles. The van der Waals surface area contributed by atoms with E-state index in [1.54, 1.807) is 12.1 Å². The zero-order valence-electron chi connectivity index (χ0n) is 14.8. The maximum absolute atomic E-state index is 13.8. The molecule has 0 heterocycles. The summed E-state index contributed by atoms with van der Waals surface area (Å²) >= 11 is 6.16. The van der Waals surface area contributed by atoms with E-state index in [-0.39, 0.29) is 18.1 Å². The van der Waals surface area contributed by atoms with Crippen molar-refractivity contribution in [1.82, 2.24) is 5.32 Å². The molecule has 0 aliphatic rings. The zero-order chi connectivity index (χ0) is 19.3. The lowest BCUT2D eigenvalue weighted by Gasteiger charge is -2.17. The Morgan fingerprint density at radius 1 is 1.31 bits per heavy atom. The second kappa shape index (κ2) is 8.68. The van der Waals surface area contributed by atoms with E-state index in [4.69, 9.17) is 16.3 Å². The van der Waals surface area contributed by atoms with Crippen LogP contribution in [0.2, 0.25) is 5.02 Å². The van der Waals surface area contributed by atoms with Gasteiger partial charge in [-0.1, -0.05) is 43.6 Å². The van der Waals surface area contributed by atoms with Crippen LogP contribution in [0.4, 0.5) is 4.39 Å². The molecule has 0 fully saturated rings. The first-order chi connectivity index (χ1) is 12.3. The number of ether oxygens (including phenoxy) is 1. The minimum atomic E-state index is -1.08. The molecule has 0 saturated carbocycles. The normalized spacial score (nSPS) is 11.7.